The number of hydrogen-bond donors (Lipinski definition) is 1. The third-order valence-electron chi connectivity index (χ3n) is 2.88. The summed E-state index contributed by atoms with van der Waals surface area (Å²) in [6.07, 6.45) is 0.998. The third kappa shape index (κ3) is 3.06. The van der Waals surface area contributed by atoms with Gasteiger partial charge in [-0.1, -0.05) is 53.3 Å². The first-order valence-corrected chi connectivity index (χ1v) is 7.34. The number of aromatic nitrogens is 1. The van der Waals surface area contributed by atoms with E-state index in [0.717, 1.165) is 33.3 Å². The second kappa shape index (κ2) is 5.59. The van der Waals surface area contributed by atoms with Crippen LogP contribution >= 0.6 is 22.9 Å². The normalized spacial score (nSPS) is 10.8. The molecule has 0 radical (unpaired) electrons. The Labute approximate surface area is 121 Å². The van der Waals surface area contributed by atoms with E-state index in [9.17, 15) is 0 Å². The molecule has 0 fully saturated rings. The Bertz CT molecular complexity index is 679. The van der Waals surface area contributed by atoms with E-state index >= 15 is 0 Å². The van der Waals surface area contributed by atoms with Crippen LogP contribution in [0, 0.1) is 0 Å². The standard InChI is InChI=1S/C15H13ClN2S/c16-12-6-7-14-13(10-12)18-15(19-14)17-9-8-11-4-2-1-3-5-11/h1-7,10H,8-9H2,(H,17,18). The largest absolute Gasteiger partial charge is 0.361 e. The maximum Gasteiger partial charge on any atom is 0.183 e. The second-order valence-electron chi connectivity index (χ2n) is 4.29. The molecule has 0 unspecified atom stereocenters. The van der Waals surface area contributed by atoms with E-state index in [-0.39, 0.29) is 0 Å². The Morgan fingerprint density at radius 3 is 2.79 bits per heavy atom. The SMILES string of the molecule is Clc1ccc2sc(NCCc3ccccc3)nc2c1. The van der Waals surface area contributed by atoms with Gasteiger partial charge < -0.3 is 5.32 Å². The minimum Gasteiger partial charge on any atom is -0.361 e. The highest BCUT2D eigenvalue weighted by molar-refractivity contribution is 7.22. The molecule has 0 saturated heterocycles. The highest BCUT2D eigenvalue weighted by Crippen LogP contribution is 2.27. The number of nitrogens with zero attached hydrogens (tertiary/aromatic N) is 1. The molecule has 0 aliphatic carbocycles. The van der Waals surface area contributed by atoms with E-state index in [1.807, 2.05) is 24.3 Å². The minimum atomic E-state index is 0.730. The lowest BCUT2D eigenvalue weighted by Crippen LogP contribution is -2.04. The van der Waals surface area contributed by atoms with Crippen LogP contribution < -0.4 is 5.32 Å². The summed E-state index contributed by atoms with van der Waals surface area (Å²) in [6, 6.07) is 16.3. The van der Waals surface area contributed by atoms with Gasteiger partial charge in [0.25, 0.3) is 0 Å². The van der Waals surface area contributed by atoms with Crippen molar-refractivity contribution in [2.45, 2.75) is 6.42 Å². The summed E-state index contributed by atoms with van der Waals surface area (Å²) in [5.41, 5.74) is 2.29. The maximum absolute atomic E-state index is 5.96. The summed E-state index contributed by atoms with van der Waals surface area (Å²) in [7, 11) is 0. The van der Waals surface area contributed by atoms with E-state index in [1.165, 1.54) is 5.56 Å². The number of rotatable bonds is 4. The predicted octanol–water partition coefficient (Wildman–Crippen LogP) is 4.60. The molecular weight excluding hydrogens is 276 g/mol. The molecule has 4 heteroatoms. The van der Waals surface area contributed by atoms with Crippen LogP contribution in [0.1, 0.15) is 5.56 Å². The fraction of sp³-hybridized carbons (Fsp3) is 0.133. The Hall–Kier alpha value is -1.58. The molecule has 1 N–H and O–H groups in total. The molecule has 2 nitrogen and oxygen atoms in total. The van der Waals surface area contributed by atoms with Crippen LogP contribution in [0.5, 0.6) is 0 Å². The number of benzene rings is 2. The lowest BCUT2D eigenvalue weighted by Gasteiger charge is -2.02. The molecule has 19 heavy (non-hydrogen) atoms. The van der Waals surface area contributed by atoms with Crippen molar-refractivity contribution in [3.8, 4) is 0 Å². The average molecular weight is 289 g/mol. The topological polar surface area (TPSA) is 24.9 Å². The van der Waals surface area contributed by atoms with Crippen molar-refractivity contribution < 1.29 is 0 Å². The van der Waals surface area contributed by atoms with Gasteiger partial charge in [-0.15, -0.1) is 0 Å². The Balaban J connectivity index is 1.65. The first-order valence-electron chi connectivity index (χ1n) is 6.15. The Morgan fingerprint density at radius 1 is 1.11 bits per heavy atom. The van der Waals surface area contributed by atoms with Crippen LogP contribution in [0.4, 0.5) is 5.13 Å². The fourth-order valence-corrected chi connectivity index (χ4v) is 2.97. The molecule has 0 atom stereocenters. The molecule has 0 aliphatic rings. The van der Waals surface area contributed by atoms with Crippen LogP contribution in [0.3, 0.4) is 0 Å². The smallest absolute Gasteiger partial charge is 0.183 e. The highest BCUT2D eigenvalue weighted by atomic mass is 35.5. The summed E-state index contributed by atoms with van der Waals surface area (Å²) >= 11 is 7.62. The zero-order valence-electron chi connectivity index (χ0n) is 10.3. The van der Waals surface area contributed by atoms with E-state index in [1.54, 1.807) is 11.3 Å². The molecule has 3 rings (SSSR count). The van der Waals surface area contributed by atoms with Crippen molar-refractivity contribution in [3.63, 3.8) is 0 Å². The van der Waals surface area contributed by atoms with Gasteiger partial charge in [-0.3, -0.25) is 0 Å². The summed E-state index contributed by atoms with van der Waals surface area (Å²) in [6.45, 7) is 0.886. The van der Waals surface area contributed by atoms with Crippen molar-refractivity contribution in [3.05, 3.63) is 59.1 Å². The minimum absolute atomic E-state index is 0.730. The van der Waals surface area contributed by atoms with Gasteiger partial charge in [-0.25, -0.2) is 4.98 Å². The molecule has 0 amide bonds. The number of hydrogen-bond acceptors (Lipinski definition) is 3. The third-order valence-corrected chi connectivity index (χ3v) is 4.11. The van der Waals surface area contributed by atoms with E-state index in [0.29, 0.717) is 0 Å². The number of nitrogens with one attached hydrogen (secondary N) is 1. The van der Waals surface area contributed by atoms with Crippen molar-refractivity contribution in [2.24, 2.45) is 0 Å². The monoisotopic (exact) mass is 288 g/mol. The van der Waals surface area contributed by atoms with Gasteiger partial charge in [0, 0.05) is 11.6 Å². The molecule has 96 valence electrons. The van der Waals surface area contributed by atoms with Gasteiger partial charge >= 0.3 is 0 Å². The molecule has 0 spiro atoms. The Kier molecular flexibility index (Phi) is 3.67. The van der Waals surface area contributed by atoms with Gasteiger partial charge in [0.1, 0.15) is 0 Å². The quantitative estimate of drug-likeness (QED) is 0.759. The van der Waals surface area contributed by atoms with Gasteiger partial charge in [0.2, 0.25) is 0 Å². The summed E-state index contributed by atoms with van der Waals surface area (Å²) < 4.78 is 1.16. The van der Waals surface area contributed by atoms with Gasteiger partial charge in [-0.05, 0) is 30.2 Å². The zero-order valence-corrected chi connectivity index (χ0v) is 11.8. The molecule has 1 aromatic heterocycles. The second-order valence-corrected chi connectivity index (χ2v) is 5.76. The van der Waals surface area contributed by atoms with Crippen molar-refractivity contribution in [2.75, 3.05) is 11.9 Å². The summed E-state index contributed by atoms with van der Waals surface area (Å²) in [4.78, 5) is 4.53. The fourth-order valence-electron chi connectivity index (χ4n) is 1.93. The molecule has 2 aromatic carbocycles. The zero-order chi connectivity index (χ0) is 13.1. The van der Waals surface area contributed by atoms with Crippen molar-refractivity contribution in [1.29, 1.82) is 0 Å². The molecule has 0 saturated carbocycles. The summed E-state index contributed by atoms with van der Waals surface area (Å²) in [5, 5.41) is 5.05. The van der Waals surface area contributed by atoms with Crippen LogP contribution in [0.15, 0.2) is 48.5 Å². The van der Waals surface area contributed by atoms with Crippen LogP contribution in [-0.2, 0) is 6.42 Å². The lowest BCUT2D eigenvalue weighted by atomic mass is 10.2. The van der Waals surface area contributed by atoms with E-state index in [2.05, 4.69) is 34.6 Å². The molecule has 3 aromatic rings. The Morgan fingerprint density at radius 2 is 1.95 bits per heavy atom. The molecular formula is C15H13ClN2S. The molecule has 1 heterocycles. The lowest BCUT2D eigenvalue weighted by molar-refractivity contribution is 1.02. The van der Waals surface area contributed by atoms with Crippen LogP contribution in [-0.4, -0.2) is 11.5 Å². The molecule has 0 aliphatic heterocycles. The van der Waals surface area contributed by atoms with E-state index < -0.39 is 0 Å². The average Bonchev–Trinajstić information content (AvgIpc) is 2.82. The number of fused-ring (bicyclic) bond motifs is 1. The highest BCUT2D eigenvalue weighted by Gasteiger charge is 2.03. The number of thiazole rings is 1. The van der Waals surface area contributed by atoms with Gasteiger partial charge in [0.15, 0.2) is 5.13 Å². The van der Waals surface area contributed by atoms with Gasteiger partial charge in [0.05, 0.1) is 10.2 Å². The predicted molar refractivity (Wildman–Crippen MR) is 83.3 cm³/mol. The maximum atomic E-state index is 5.96. The van der Waals surface area contributed by atoms with Crippen LogP contribution in [0.25, 0.3) is 10.2 Å². The first-order chi connectivity index (χ1) is 9.31. The van der Waals surface area contributed by atoms with Crippen molar-refractivity contribution in [1.82, 2.24) is 4.98 Å². The van der Waals surface area contributed by atoms with Gasteiger partial charge in [-0.2, -0.15) is 0 Å². The number of halogens is 1. The number of anilines is 1. The van der Waals surface area contributed by atoms with E-state index in [4.69, 9.17) is 11.6 Å². The first kappa shape index (κ1) is 12.5. The van der Waals surface area contributed by atoms with Crippen LogP contribution in [0.2, 0.25) is 5.02 Å². The molecule has 0 bridgehead atoms. The van der Waals surface area contributed by atoms with Crippen molar-refractivity contribution >= 4 is 38.3 Å². The summed E-state index contributed by atoms with van der Waals surface area (Å²) in [5.74, 6) is 0.